The van der Waals surface area contributed by atoms with Gasteiger partial charge in [0, 0.05) is 38.1 Å². The number of hydrogen-bond acceptors (Lipinski definition) is 3. The summed E-state index contributed by atoms with van der Waals surface area (Å²) in [4.78, 5) is 17.1. The first-order valence-corrected chi connectivity index (χ1v) is 9.41. The third-order valence-electron chi connectivity index (χ3n) is 5.25. The van der Waals surface area contributed by atoms with E-state index in [2.05, 4.69) is 21.7 Å². The van der Waals surface area contributed by atoms with Gasteiger partial charge in [-0.3, -0.25) is 14.8 Å². The molecule has 1 aromatic heterocycles. The van der Waals surface area contributed by atoms with Crippen LogP contribution in [0.3, 0.4) is 0 Å². The molecule has 0 aliphatic carbocycles. The van der Waals surface area contributed by atoms with Crippen molar-refractivity contribution in [3.63, 3.8) is 0 Å². The lowest BCUT2D eigenvalue weighted by molar-refractivity contribution is 0.0648. The zero-order chi connectivity index (χ0) is 19.7. The van der Waals surface area contributed by atoms with Crippen LogP contribution in [-0.4, -0.2) is 58.6 Å². The molecule has 28 heavy (non-hydrogen) atoms. The predicted octanol–water partition coefficient (Wildman–Crippen LogP) is 3.48. The average molecular weight is 378 g/mol. The summed E-state index contributed by atoms with van der Waals surface area (Å²) in [6.45, 7) is 9.68. The van der Waals surface area contributed by atoms with Crippen molar-refractivity contribution in [2.24, 2.45) is 0 Å². The van der Waals surface area contributed by atoms with E-state index in [0.717, 1.165) is 40.7 Å². The first-order valence-electron chi connectivity index (χ1n) is 9.41. The molecule has 2 heterocycles. The van der Waals surface area contributed by atoms with E-state index < -0.39 is 0 Å². The third-order valence-corrected chi connectivity index (χ3v) is 5.25. The SMILES string of the molecule is C=C(CN1CCN(C(=O)c2n[nH]c3ccc(C)cc23)CC1)c1ccc(F)cc1. The number of nitrogens with zero attached hydrogens (tertiary/aromatic N) is 3. The van der Waals surface area contributed by atoms with Gasteiger partial charge in [-0.1, -0.05) is 30.3 Å². The Morgan fingerprint density at radius 2 is 1.86 bits per heavy atom. The van der Waals surface area contributed by atoms with Crippen molar-refractivity contribution in [1.82, 2.24) is 20.0 Å². The highest BCUT2D eigenvalue weighted by Crippen LogP contribution is 2.20. The maximum Gasteiger partial charge on any atom is 0.275 e. The number of aromatic amines is 1. The van der Waals surface area contributed by atoms with Crippen LogP contribution in [0.15, 0.2) is 49.0 Å². The standard InChI is InChI=1S/C22H23FN4O/c1-15-3-8-20-19(13-15)21(25-24-20)22(28)27-11-9-26(10-12-27)14-16(2)17-4-6-18(23)7-5-17/h3-8,13H,2,9-12,14H2,1H3,(H,24,25). The van der Waals surface area contributed by atoms with Crippen molar-refractivity contribution >= 4 is 22.4 Å². The number of carbonyl (C=O) groups is 1. The van der Waals surface area contributed by atoms with Gasteiger partial charge in [-0.25, -0.2) is 4.39 Å². The number of piperazine rings is 1. The summed E-state index contributed by atoms with van der Waals surface area (Å²) in [6, 6.07) is 12.4. The third kappa shape index (κ3) is 3.68. The Morgan fingerprint density at radius 1 is 1.14 bits per heavy atom. The predicted molar refractivity (Wildman–Crippen MR) is 109 cm³/mol. The molecule has 5 nitrogen and oxygen atoms in total. The molecular formula is C22H23FN4O. The fraction of sp³-hybridized carbons (Fsp3) is 0.273. The van der Waals surface area contributed by atoms with Gasteiger partial charge in [0.15, 0.2) is 5.69 Å². The van der Waals surface area contributed by atoms with Gasteiger partial charge in [0.2, 0.25) is 0 Å². The number of H-pyrrole nitrogens is 1. The molecule has 1 fully saturated rings. The molecule has 0 saturated carbocycles. The lowest BCUT2D eigenvalue weighted by Crippen LogP contribution is -2.49. The fourth-order valence-electron chi connectivity index (χ4n) is 3.60. The van der Waals surface area contributed by atoms with E-state index in [0.29, 0.717) is 25.3 Å². The first kappa shape index (κ1) is 18.4. The summed E-state index contributed by atoms with van der Waals surface area (Å²) in [5.41, 5.74) is 4.37. The lowest BCUT2D eigenvalue weighted by Gasteiger charge is -2.34. The smallest absolute Gasteiger partial charge is 0.275 e. The van der Waals surface area contributed by atoms with Crippen LogP contribution in [0.2, 0.25) is 0 Å². The maximum absolute atomic E-state index is 13.1. The van der Waals surface area contributed by atoms with E-state index in [4.69, 9.17) is 0 Å². The Labute approximate surface area is 163 Å². The van der Waals surface area contributed by atoms with Crippen molar-refractivity contribution < 1.29 is 9.18 Å². The van der Waals surface area contributed by atoms with Crippen LogP contribution in [0.4, 0.5) is 4.39 Å². The number of carbonyl (C=O) groups excluding carboxylic acids is 1. The number of halogens is 1. The molecule has 1 saturated heterocycles. The van der Waals surface area contributed by atoms with Crippen molar-refractivity contribution in [2.75, 3.05) is 32.7 Å². The number of nitrogens with one attached hydrogen (secondary N) is 1. The van der Waals surface area contributed by atoms with E-state index in [9.17, 15) is 9.18 Å². The molecule has 3 aromatic rings. The number of rotatable bonds is 4. The summed E-state index contributed by atoms with van der Waals surface area (Å²) in [7, 11) is 0. The van der Waals surface area contributed by atoms with Gasteiger partial charge in [0.1, 0.15) is 5.82 Å². The van der Waals surface area contributed by atoms with Crippen molar-refractivity contribution in [2.45, 2.75) is 6.92 Å². The van der Waals surface area contributed by atoms with Crippen LogP contribution in [-0.2, 0) is 0 Å². The highest BCUT2D eigenvalue weighted by Gasteiger charge is 2.25. The van der Waals surface area contributed by atoms with E-state index in [1.165, 1.54) is 12.1 Å². The molecule has 1 N–H and O–H groups in total. The molecule has 1 amide bonds. The van der Waals surface area contributed by atoms with E-state index in [-0.39, 0.29) is 11.7 Å². The molecule has 2 aromatic carbocycles. The summed E-state index contributed by atoms with van der Waals surface area (Å²) in [5, 5.41) is 8.07. The van der Waals surface area contributed by atoms with Crippen molar-refractivity contribution in [1.29, 1.82) is 0 Å². The number of fused-ring (bicyclic) bond motifs is 1. The van der Waals surface area contributed by atoms with Gasteiger partial charge in [-0.2, -0.15) is 5.10 Å². The van der Waals surface area contributed by atoms with Crippen LogP contribution in [0, 0.1) is 12.7 Å². The maximum atomic E-state index is 13.1. The minimum Gasteiger partial charge on any atom is -0.335 e. The van der Waals surface area contributed by atoms with E-state index in [1.54, 1.807) is 12.1 Å². The second-order valence-corrected chi connectivity index (χ2v) is 7.30. The Bertz CT molecular complexity index is 1020. The zero-order valence-corrected chi connectivity index (χ0v) is 15.9. The summed E-state index contributed by atoms with van der Waals surface area (Å²) in [5.74, 6) is -0.279. The molecule has 0 unspecified atom stereocenters. The van der Waals surface area contributed by atoms with Gasteiger partial charge in [0.05, 0.1) is 5.52 Å². The average Bonchev–Trinajstić information content (AvgIpc) is 3.11. The molecule has 1 aliphatic heterocycles. The molecule has 6 heteroatoms. The van der Waals surface area contributed by atoms with Crippen LogP contribution in [0.1, 0.15) is 21.6 Å². The molecule has 0 spiro atoms. The first-order chi connectivity index (χ1) is 13.5. The van der Waals surface area contributed by atoms with Crippen molar-refractivity contribution in [3.8, 4) is 0 Å². The van der Waals surface area contributed by atoms with E-state index in [1.807, 2.05) is 30.0 Å². The zero-order valence-electron chi connectivity index (χ0n) is 15.9. The number of amides is 1. The van der Waals surface area contributed by atoms with Crippen molar-refractivity contribution in [3.05, 3.63) is 71.7 Å². The minimum atomic E-state index is -0.246. The molecule has 144 valence electrons. The number of aromatic nitrogens is 2. The quantitative estimate of drug-likeness (QED) is 0.756. The Hall–Kier alpha value is -2.99. The fourth-order valence-corrected chi connectivity index (χ4v) is 3.60. The van der Waals surface area contributed by atoms with E-state index >= 15 is 0 Å². The molecule has 4 rings (SSSR count). The summed E-state index contributed by atoms with van der Waals surface area (Å²) in [6.07, 6.45) is 0. The van der Waals surface area contributed by atoms with Gasteiger partial charge >= 0.3 is 0 Å². The number of aryl methyl sites for hydroxylation is 1. The van der Waals surface area contributed by atoms with Gasteiger partial charge in [-0.15, -0.1) is 0 Å². The largest absolute Gasteiger partial charge is 0.335 e. The van der Waals surface area contributed by atoms with Gasteiger partial charge in [-0.05, 0) is 42.3 Å². The normalized spacial score (nSPS) is 15.1. The summed E-state index contributed by atoms with van der Waals surface area (Å²) >= 11 is 0. The lowest BCUT2D eigenvalue weighted by atomic mass is 10.1. The summed E-state index contributed by atoms with van der Waals surface area (Å²) < 4.78 is 13.1. The van der Waals surface area contributed by atoms with Crippen LogP contribution >= 0.6 is 0 Å². The van der Waals surface area contributed by atoms with Crippen LogP contribution < -0.4 is 0 Å². The monoisotopic (exact) mass is 378 g/mol. The minimum absolute atomic E-state index is 0.0335. The van der Waals surface area contributed by atoms with Crippen LogP contribution in [0.25, 0.3) is 16.5 Å². The molecule has 0 bridgehead atoms. The second kappa shape index (κ2) is 7.56. The second-order valence-electron chi connectivity index (χ2n) is 7.30. The Kier molecular flexibility index (Phi) is 4.96. The molecule has 1 aliphatic rings. The topological polar surface area (TPSA) is 52.2 Å². The molecular weight excluding hydrogens is 355 g/mol. The molecule has 0 atom stereocenters. The van der Waals surface area contributed by atoms with Gasteiger partial charge < -0.3 is 4.90 Å². The molecule has 0 radical (unpaired) electrons. The highest BCUT2D eigenvalue weighted by atomic mass is 19.1. The van der Waals surface area contributed by atoms with Crippen LogP contribution in [0.5, 0.6) is 0 Å². The van der Waals surface area contributed by atoms with Gasteiger partial charge in [0.25, 0.3) is 5.91 Å². The number of benzene rings is 2. The number of hydrogen-bond donors (Lipinski definition) is 1. The Morgan fingerprint density at radius 3 is 2.57 bits per heavy atom. The Balaban J connectivity index is 1.38. The highest BCUT2D eigenvalue weighted by molar-refractivity contribution is 6.04.